The highest BCUT2D eigenvalue weighted by atomic mass is 16.5. The van der Waals surface area contributed by atoms with Crippen LogP contribution in [0.25, 0.3) is 0 Å². The lowest BCUT2D eigenvalue weighted by Gasteiger charge is -2.52. The number of hydrogen-bond acceptors (Lipinski definition) is 4. The predicted molar refractivity (Wildman–Crippen MR) is 54.6 cm³/mol. The van der Waals surface area contributed by atoms with E-state index in [9.17, 15) is 4.79 Å². The standard InChI is InChI=1S/C11H14N2O2/c1-15-10(14)11-5-3-9(4-6-11)12-7-2-8-13(11)12/h2-3,5,7,9H,4,6,8H2,1H3. The molecule has 2 atom stereocenters. The van der Waals surface area contributed by atoms with Crippen LogP contribution in [-0.4, -0.2) is 41.2 Å². The first-order valence-corrected chi connectivity index (χ1v) is 5.28. The summed E-state index contributed by atoms with van der Waals surface area (Å²) in [6.07, 6.45) is 10.2. The monoisotopic (exact) mass is 206 g/mol. The third-order valence-corrected chi connectivity index (χ3v) is 3.57. The average Bonchev–Trinajstić information content (AvgIpc) is 2.80. The molecule has 2 unspecified atom stereocenters. The normalized spacial score (nSPS) is 37.1. The van der Waals surface area contributed by atoms with Crippen LogP contribution in [0.5, 0.6) is 0 Å². The summed E-state index contributed by atoms with van der Waals surface area (Å²) < 4.78 is 4.93. The maximum atomic E-state index is 11.9. The van der Waals surface area contributed by atoms with Gasteiger partial charge in [-0.2, -0.15) is 5.01 Å². The fourth-order valence-corrected chi connectivity index (χ4v) is 2.79. The Kier molecular flexibility index (Phi) is 1.71. The van der Waals surface area contributed by atoms with Crippen molar-refractivity contribution in [3.8, 4) is 0 Å². The van der Waals surface area contributed by atoms with Crippen molar-refractivity contribution in [1.82, 2.24) is 10.0 Å². The van der Waals surface area contributed by atoms with Gasteiger partial charge in [0.1, 0.15) is 0 Å². The number of fused-ring (bicyclic) bond motifs is 1. The van der Waals surface area contributed by atoms with Crippen molar-refractivity contribution in [3.05, 3.63) is 24.4 Å². The molecule has 4 aliphatic rings. The zero-order valence-electron chi connectivity index (χ0n) is 8.72. The molecule has 1 aliphatic carbocycles. The van der Waals surface area contributed by atoms with Crippen molar-refractivity contribution in [2.45, 2.75) is 24.4 Å². The number of nitrogens with zero attached hydrogens (tertiary/aromatic N) is 2. The van der Waals surface area contributed by atoms with Crippen LogP contribution in [0.3, 0.4) is 0 Å². The molecule has 0 amide bonds. The third-order valence-electron chi connectivity index (χ3n) is 3.57. The third kappa shape index (κ3) is 0.973. The summed E-state index contributed by atoms with van der Waals surface area (Å²) in [6, 6.07) is 0.426. The topological polar surface area (TPSA) is 32.8 Å². The first-order valence-electron chi connectivity index (χ1n) is 5.28. The first kappa shape index (κ1) is 8.97. The number of carbonyl (C=O) groups is 1. The van der Waals surface area contributed by atoms with E-state index in [2.05, 4.69) is 28.4 Å². The van der Waals surface area contributed by atoms with E-state index >= 15 is 0 Å². The summed E-state index contributed by atoms with van der Waals surface area (Å²) in [6.45, 7) is 0.802. The van der Waals surface area contributed by atoms with Crippen molar-refractivity contribution in [2.75, 3.05) is 13.7 Å². The van der Waals surface area contributed by atoms with Crippen molar-refractivity contribution < 1.29 is 9.53 Å². The molecular weight excluding hydrogens is 192 g/mol. The second-order valence-corrected chi connectivity index (χ2v) is 4.23. The lowest BCUT2D eigenvalue weighted by atomic mass is 9.82. The maximum absolute atomic E-state index is 11.9. The van der Waals surface area contributed by atoms with Gasteiger partial charge in [0.25, 0.3) is 0 Å². The molecule has 0 radical (unpaired) electrons. The van der Waals surface area contributed by atoms with Gasteiger partial charge in [0, 0.05) is 12.7 Å². The van der Waals surface area contributed by atoms with Gasteiger partial charge in [0.05, 0.1) is 13.2 Å². The lowest BCUT2D eigenvalue weighted by molar-refractivity contribution is -0.172. The number of methoxy groups -OCH3 is 1. The van der Waals surface area contributed by atoms with Gasteiger partial charge < -0.3 is 9.75 Å². The van der Waals surface area contributed by atoms with Crippen LogP contribution in [-0.2, 0) is 9.53 Å². The summed E-state index contributed by atoms with van der Waals surface area (Å²) in [7, 11) is 1.46. The zero-order valence-corrected chi connectivity index (χ0v) is 8.72. The second-order valence-electron chi connectivity index (χ2n) is 4.23. The molecule has 1 saturated heterocycles. The largest absolute Gasteiger partial charge is 0.467 e. The summed E-state index contributed by atoms with van der Waals surface area (Å²) in [5.74, 6) is -0.148. The van der Waals surface area contributed by atoms with Crippen LogP contribution in [0.4, 0.5) is 0 Å². The molecule has 3 heterocycles. The maximum Gasteiger partial charge on any atom is 0.332 e. The molecule has 0 aromatic rings. The molecule has 15 heavy (non-hydrogen) atoms. The first-order chi connectivity index (χ1) is 7.28. The fraction of sp³-hybridized carbons (Fsp3) is 0.545. The van der Waals surface area contributed by atoms with Gasteiger partial charge in [-0.05, 0) is 12.8 Å². The van der Waals surface area contributed by atoms with Gasteiger partial charge in [-0.25, -0.2) is 4.79 Å². The van der Waals surface area contributed by atoms with E-state index in [1.165, 1.54) is 7.11 Å². The van der Waals surface area contributed by atoms with E-state index in [4.69, 9.17) is 4.74 Å². The van der Waals surface area contributed by atoms with E-state index in [1.54, 1.807) is 0 Å². The van der Waals surface area contributed by atoms with E-state index in [1.807, 2.05) is 6.08 Å². The molecule has 4 heteroatoms. The van der Waals surface area contributed by atoms with Crippen molar-refractivity contribution >= 4 is 5.97 Å². The van der Waals surface area contributed by atoms with E-state index in [0.717, 1.165) is 19.4 Å². The van der Waals surface area contributed by atoms with E-state index in [-0.39, 0.29) is 5.97 Å². The van der Waals surface area contributed by atoms with Gasteiger partial charge in [0.2, 0.25) is 0 Å². The van der Waals surface area contributed by atoms with Crippen LogP contribution in [0, 0.1) is 0 Å². The van der Waals surface area contributed by atoms with Gasteiger partial charge in [-0.15, -0.1) is 0 Å². The minimum Gasteiger partial charge on any atom is -0.467 e. The number of hydrazine groups is 1. The van der Waals surface area contributed by atoms with Gasteiger partial charge in [0.15, 0.2) is 5.54 Å². The average molecular weight is 206 g/mol. The Labute approximate surface area is 88.8 Å². The molecule has 4 nitrogen and oxygen atoms in total. The lowest BCUT2D eigenvalue weighted by Crippen LogP contribution is -2.65. The predicted octanol–water partition coefficient (Wildman–Crippen LogP) is 0.677. The van der Waals surface area contributed by atoms with Crippen molar-refractivity contribution in [2.24, 2.45) is 0 Å². The zero-order chi connectivity index (χ0) is 10.5. The Morgan fingerprint density at radius 1 is 1.60 bits per heavy atom. The molecule has 0 aromatic carbocycles. The number of ether oxygens (including phenoxy) is 1. The molecule has 1 fully saturated rings. The molecule has 80 valence electrons. The fourth-order valence-electron chi connectivity index (χ4n) is 2.79. The smallest absolute Gasteiger partial charge is 0.332 e. The molecular formula is C11H14N2O2. The Morgan fingerprint density at radius 2 is 2.47 bits per heavy atom. The SMILES string of the molecule is COC(=O)C12C=CC(CC1)N1C=CCN12. The number of esters is 1. The Hall–Kier alpha value is -1.29. The summed E-state index contributed by atoms with van der Waals surface area (Å²) in [4.78, 5) is 11.9. The van der Waals surface area contributed by atoms with Gasteiger partial charge >= 0.3 is 5.97 Å². The molecule has 2 bridgehead atoms. The summed E-state index contributed by atoms with van der Waals surface area (Å²) in [5, 5.41) is 4.26. The molecule has 0 spiro atoms. The van der Waals surface area contributed by atoms with Crippen LogP contribution in [0.2, 0.25) is 0 Å². The Bertz CT molecular complexity index is 364. The quantitative estimate of drug-likeness (QED) is 0.466. The number of rotatable bonds is 1. The van der Waals surface area contributed by atoms with Gasteiger partial charge in [-0.3, -0.25) is 0 Å². The Balaban J connectivity index is 2.04. The summed E-state index contributed by atoms with van der Waals surface area (Å²) >= 11 is 0. The van der Waals surface area contributed by atoms with Crippen LogP contribution in [0.15, 0.2) is 24.4 Å². The molecule has 4 rings (SSSR count). The van der Waals surface area contributed by atoms with Crippen LogP contribution < -0.4 is 0 Å². The van der Waals surface area contributed by atoms with Gasteiger partial charge in [-0.1, -0.05) is 18.2 Å². The summed E-state index contributed by atoms with van der Waals surface area (Å²) in [5.41, 5.74) is -0.549. The number of hydrogen-bond donors (Lipinski definition) is 0. The van der Waals surface area contributed by atoms with Crippen molar-refractivity contribution in [3.63, 3.8) is 0 Å². The second kappa shape index (κ2) is 2.85. The Morgan fingerprint density at radius 3 is 3.13 bits per heavy atom. The highest BCUT2D eigenvalue weighted by Crippen LogP contribution is 2.41. The molecule has 0 saturated carbocycles. The highest BCUT2D eigenvalue weighted by molar-refractivity contribution is 5.84. The van der Waals surface area contributed by atoms with Crippen molar-refractivity contribution in [1.29, 1.82) is 0 Å². The molecule has 0 N–H and O–H groups in total. The van der Waals surface area contributed by atoms with Crippen LogP contribution in [0.1, 0.15) is 12.8 Å². The minimum absolute atomic E-state index is 0.148. The van der Waals surface area contributed by atoms with Crippen LogP contribution >= 0.6 is 0 Å². The minimum atomic E-state index is -0.549. The van der Waals surface area contributed by atoms with E-state index < -0.39 is 5.54 Å². The van der Waals surface area contributed by atoms with E-state index in [0.29, 0.717) is 6.04 Å². The highest BCUT2D eigenvalue weighted by Gasteiger charge is 2.53. The number of carbonyl (C=O) groups excluding carboxylic acids is 1. The molecule has 0 aromatic heterocycles. The molecule has 3 aliphatic heterocycles.